The molecule has 1 atom stereocenters. The summed E-state index contributed by atoms with van der Waals surface area (Å²) in [4.78, 5) is 1.18. The lowest BCUT2D eigenvalue weighted by atomic mass is 10.3. The van der Waals surface area contributed by atoms with Gasteiger partial charge in [-0.05, 0) is 31.5 Å². The molecule has 1 aromatic rings. The molecule has 0 aromatic heterocycles. The van der Waals surface area contributed by atoms with Gasteiger partial charge < -0.3 is 14.8 Å². The number of rotatable bonds is 5. The van der Waals surface area contributed by atoms with Crippen LogP contribution in [0, 0.1) is 0 Å². The Morgan fingerprint density at radius 3 is 2.88 bits per heavy atom. The first-order valence-electron chi connectivity index (χ1n) is 5.91. The molecule has 0 amide bonds. The van der Waals surface area contributed by atoms with Crippen LogP contribution in [0.25, 0.3) is 0 Å². The number of benzene rings is 1. The van der Waals surface area contributed by atoms with Gasteiger partial charge in [0.25, 0.3) is 0 Å². The van der Waals surface area contributed by atoms with Crippen LogP contribution in [0.15, 0.2) is 23.1 Å². The van der Waals surface area contributed by atoms with Gasteiger partial charge in [0.1, 0.15) is 11.5 Å². The lowest BCUT2D eigenvalue weighted by Crippen LogP contribution is -2.23. The van der Waals surface area contributed by atoms with Gasteiger partial charge in [-0.1, -0.05) is 0 Å². The molecule has 1 fully saturated rings. The lowest BCUT2D eigenvalue weighted by Gasteiger charge is -2.12. The molecule has 1 aliphatic heterocycles. The number of nitrogens with one attached hydrogen (secondary N) is 1. The molecule has 0 spiro atoms. The SMILES string of the molecule is COc1ccc(SCC2CCCN2)c(OC)c1. The monoisotopic (exact) mass is 253 g/mol. The zero-order valence-corrected chi connectivity index (χ0v) is 11.2. The van der Waals surface area contributed by atoms with Crippen LogP contribution >= 0.6 is 11.8 Å². The molecular formula is C13H19NO2S. The average Bonchev–Trinajstić information content (AvgIpc) is 2.89. The molecular weight excluding hydrogens is 234 g/mol. The molecule has 1 saturated heterocycles. The van der Waals surface area contributed by atoms with E-state index in [1.807, 2.05) is 23.9 Å². The Labute approximate surface area is 107 Å². The highest BCUT2D eigenvalue weighted by atomic mass is 32.2. The molecule has 17 heavy (non-hydrogen) atoms. The highest BCUT2D eigenvalue weighted by molar-refractivity contribution is 7.99. The van der Waals surface area contributed by atoms with Crippen LogP contribution in [-0.4, -0.2) is 32.6 Å². The second-order valence-electron chi connectivity index (χ2n) is 4.12. The number of thioether (sulfide) groups is 1. The molecule has 4 heteroatoms. The van der Waals surface area contributed by atoms with E-state index < -0.39 is 0 Å². The van der Waals surface area contributed by atoms with Gasteiger partial charge in [0, 0.05) is 22.8 Å². The summed E-state index contributed by atoms with van der Waals surface area (Å²) in [7, 11) is 3.37. The number of hydrogen-bond donors (Lipinski definition) is 1. The fraction of sp³-hybridized carbons (Fsp3) is 0.538. The van der Waals surface area contributed by atoms with Gasteiger partial charge in [0.05, 0.1) is 14.2 Å². The molecule has 1 aliphatic rings. The maximum absolute atomic E-state index is 5.38. The second-order valence-corrected chi connectivity index (χ2v) is 5.18. The molecule has 1 aromatic carbocycles. The molecule has 2 rings (SSSR count). The van der Waals surface area contributed by atoms with Crippen molar-refractivity contribution >= 4 is 11.8 Å². The van der Waals surface area contributed by atoms with Crippen molar-refractivity contribution in [1.82, 2.24) is 5.32 Å². The Kier molecular flexibility index (Phi) is 4.57. The van der Waals surface area contributed by atoms with Crippen molar-refractivity contribution < 1.29 is 9.47 Å². The van der Waals surface area contributed by atoms with Crippen LogP contribution in [0.1, 0.15) is 12.8 Å². The Balaban J connectivity index is 1.98. The third kappa shape index (κ3) is 3.30. The van der Waals surface area contributed by atoms with E-state index >= 15 is 0 Å². The van der Waals surface area contributed by atoms with Crippen LogP contribution < -0.4 is 14.8 Å². The van der Waals surface area contributed by atoms with Crippen molar-refractivity contribution in [3.63, 3.8) is 0 Å². The van der Waals surface area contributed by atoms with Gasteiger partial charge >= 0.3 is 0 Å². The van der Waals surface area contributed by atoms with Gasteiger partial charge in [-0.2, -0.15) is 0 Å². The Hall–Kier alpha value is -0.870. The van der Waals surface area contributed by atoms with Crippen molar-refractivity contribution in [1.29, 1.82) is 0 Å². The first-order valence-corrected chi connectivity index (χ1v) is 6.90. The molecule has 0 aliphatic carbocycles. The molecule has 1 N–H and O–H groups in total. The predicted octanol–water partition coefficient (Wildman–Crippen LogP) is 2.55. The quantitative estimate of drug-likeness (QED) is 0.817. The van der Waals surface area contributed by atoms with E-state index in [1.165, 1.54) is 17.7 Å². The third-order valence-electron chi connectivity index (χ3n) is 2.97. The fourth-order valence-electron chi connectivity index (χ4n) is 1.98. The van der Waals surface area contributed by atoms with Crippen LogP contribution in [-0.2, 0) is 0 Å². The summed E-state index contributed by atoms with van der Waals surface area (Å²) in [5, 5.41) is 3.50. The molecule has 94 valence electrons. The molecule has 0 saturated carbocycles. The smallest absolute Gasteiger partial charge is 0.136 e. The molecule has 1 heterocycles. The maximum atomic E-state index is 5.38. The highest BCUT2D eigenvalue weighted by Crippen LogP contribution is 2.33. The molecule has 0 radical (unpaired) electrons. The van der Waals surface area contributed by atoms with Gasteiger partial charge in [0.2, 0.25) is 0 Å². The zero-order valence-electron chi connectivity index (χ0n) is 10.4. The summed E-state index contributed by atoms with van der Waals surface area (Å²) in [6, 6.07) is 6.63. The lowest BCUT2D eigenvalue weighted by molar-refractivity contribution is 0.387. The minimum absolute atomic E-state index is 0.645. The summed E-state index contributed by atoms with van der Waals surface area (Å²) < 4.78 is 10.6. The van der Waals surface area contributed by atoms with Crippen molar-refractivity contribution in [2.24, 2.45) is 0 Å². The van der Waals surface area contributed by atoms with Gasteiger partial charge in [-0.3, -0.25) is 0 Å². The second kappa shape index (κ2) is 6.17. The minimum atomic E-state index is 0.645. The maximum Gasteiger partial charge on any atom is 0.136 e. The summed E-state index contributed by atoms with van der Waals surface area (Å²) >= 11 is 1.85. The van der Waals surface area contributed by atoms with E-state index in [2.05, 4.69) is 11.4 Å². The zero-order chi connectivity index (χ0) is 12.1. The minimum Gasteiger partial charge on any atom is -0.497 e. The van der Waals surface area contributed by atoms with E-state index in [0.717, 1.165) is 23.8 Å². The van der Waals surface area contributed by atoms with E-state index in [0.29, 0.717) is 6.04 Å². The van der Waals surface area contributed by atoms with Crippen molar-refractivity contribution in [2.75, 3.05) is 26.5 Å². The van der Waals surface area contributed by atoms with E-state index in [-0.39, 0.29) is 0 Å². The third-order valence-corrected chi connectivity index (χ3v) is 4.19. The number of methoxy groups -OCH3 is 2. The van der Waals surface area contributed by atoms with Crippen molar-refractivity contribution in [3.05, 3.63) is 18.2 Å². The van der Waals surface area contributed by atoms with E-state index in [1.54, 1.807) is 14.2 Å². The van der Waals surface area contributed by atoms with Crippen LogP contribution in [0.4, 0.5) is 0 Å². The first-order chi connectivity index (χ1) is 8.33. The normalized spacial score (nSPS) is 19.3. The molecule has 0 bridgehead atoms. The summed E-state index contributed by atoms with van der Waals surface area (Å²) in [5.74, 6) is 2.83. The first kappa shape index (κ1) is 12.6. The van der Waals surface area contributed by atoms with Crippen molar-refractivity contribution in [2.45, 2.75) is 23.8 Å². The van der Waals surface area contributed by atoms with E-state index in [4.69, 9.17) is 9.47 Å². The predicted molar refractivity (Wildman–Crippen MR) is 71.3 cm³/mol. The number of hydrogen-bond acceptors (Lipinski definition) is 4. The van der Waals surface area contributed by atoms with Crippen LogP contribution in [0.3, 0.4) is 0 Å². The van der Waals surface area contributed by atoms with Gasteiger partial charge in [-0.15, -0.1) is 11.8 Å². The molecule has 3 nitrogen and oxygen atoms in total. The average molecular weight is 253 g/mol. The standard InChI is InChI=1S/C13H19NO2S/c1-15-11-5-6-13(12(8-11)16-2)17-9-10-4-3-7-14-10/h5-6,8,10,14H,3-4,7,9H2,1-2H3. The number of ether oxygens (including phenoxy) is 2. The molecule has 1 unspecified atom stereocenters. The van der Waals surface area contributed by atoms with Crippen LogP contribution in [0.2, 0.25) is 0 Å². The summed E-state index contributed by atoms with van der Waals surface area (Å²) in [6.07, 6.45) is 2.58. The topological polar surface area (TPSA) is 30.5 Å². The van der Waals surface area contributed by atoms with E-state index in [9.17, 15) is 0 Å². The van der Waals surface area contributed by atoms with Crippen LogP contribution in [0.5, 0.6) is 11.5 Å². The highest BCUT2D eigenvalue weighted by Gasteiger charge is 2.15. The fourth-order valence-corrected chi connectivity index (χ4v) is 3.10. The Bertz CT molecular complexity index is 364. The largest absolute Gasteiger partial charge is 0.497 e. The summed E-state index contributed by atoms with van der Waals surface area (Å²) in [6.45, 7) is 1.16. The Morgan fingerprint density at radius 2 is 2.24 bits per heavy atom. The summed E-state index contributed by atoms with van der Waals surface area (Å²) in [5.41, 5.74) is 0. The van der Waals surface area contributed by atoms with Gasteiger partial charge in [0.15, 0.2) is 0 Å². The Morgan fingerprint density at radius 1 is 1.35 bits per heavy atom. The van der Waals surface area contributed by atoms with Gasteiger partial charge in [-0.25, -0.2) is 0 Å². The van der Waals surface area contributed by atoms with Crippen molar-refractivity contribution in [3.8, 4) is 11.5 Å².